The summed E-state index contributed by atoms with van der Waals surface area (Å²) in [5, 5.41) is 0.815. The average Bonchev–Trinajstić information content (AvgIpc) is 3.05. The molecule has 0 bridgehead atoms. The van der Waals surface area contributed by atoms with Crippen LogP contribution in [0.5, 0.6) is 0 Å². The van der Waals surface area contributed by atoms with Crippen molar-refractivity contribution in [2.45, 2.75) is 154 Å². The minimum atomic E-state index is -0.459. The number of rotatable bonds is 14. The fourth-order valence-electron chi connectivity index (χ4n) is 4.46. The second-order valence-corrected chi connectivity index (χ2v) is 15.0. The number of aliphatic imine (C=N–C) groups is 1. The molecular weight excluding hydrogens is 658 g/mol. The van der Waals surface area contributed by atoms with Crippen molar-refractivity contribution in [1.29, 1.82) is 0 Å². The van der Waals surface area contributed by atoms with E-state index < -0.39 is 5.60 Å². The van der Waals surface area contributed by atoms with E-state index in [2.05, 4.69) is 123 Å². The molecule has 0 radical (unpaired) electrons. The third-order valence-electron chi connectivity index (χ3n) is 6.92. The molecule has 1 amide bonds. The van der Waals surface area contributed by atoms with Crippen molar-refractivity contribution in [3.05, 3.63) is 70.1 Å². The zero-order chi connectivity index (χ0) is 39.0. The Morgan fingerprint density at radius 2 is 1.36 bits per heavy atom. The molecule has 1 heterocycles. The Bertz CT molecular complexity index is 1080. The number of allylic oxidation sites excluding steroid dienone is 11. The first-order chi connectivity index (χ1) is 23.6. The molecule has 0 N–H and O–H groups in total. The molecule has 1 fully saturated rings. The van der Waals surface area contributed by atoms with Crippen LogP contribution >= 0.6 is 23.4 Å². The Kier molecular flexibility index (Phi) is 35.4. The highest BCUT2D eigenvalue weighted by molar-refractivity contribution is 7.99. The fraction of sp³-hybridized carbons (Fsp3) is 0.674. The second-order valence-electron chi connectivity index (χ2n) is 13.3. The standard InChI is InChI=1S/C22H37N3O2.C12H19Cl.C6H14S.C3H8/c1-9-11-12-23-18(4)20(17(3)10-2)19(5)24-13-15-25(16-14-24)21(26)27-22(6,7)8;1-4-6-7-9-12(13)10-11(3)8-5-2;1-3-5-7-6-4-2;1-3-2/h10-12H,9,13-16H2,1-8H3;6-7,9-10H,4-5,8H2,1-3H3;3-6H2,1-2H3;3H2,1-2H3/b12-11+,17-10-,20-19+,23-18+;7-6+,11-10+,12-9+;;. The summed E-state index contributed by atoms with van der Waals surface area (Å²) in [4.78, 5) is 21.0. The van der Waals surface area contributed by atoms with Crippen molar-refractivity contribution in [3.8, 4) is 0 Å². The highest BCUT2D eigenvalue weighted by Gasteiger charge is 2.27. The van der Waals surface area contributed by atoms with Crippen LogP contribution in [-0.2, 0) is 4.74 Å². The molecule has 0 atom stereocenters. The molecular formula is C43H78ClN3O2S. The monoisotopic (exact) mass is 736 g/mol. The van der Waals surface area contributed by atoms with Gasteiger partial charge in [-0.2, -0.15) is 11.8 Å². The number of carbonyl (C=O) groups is 1. The molecule has 1 rings (SSSR count). The van der Waals surface area contributed by atoms with Crippen molar-refractivity contribution in [2.24, 2.45) is 4.99 Å². The predicted molar refractivity (Wildman–Crippen MR) is 230 cm³/mol. The van der Waals surface area contributed by atoms with Crippen molar-refractivity contribution >= 4 is 35.2 Å². The van der Waals surface area contributed by atoms with E-state index in [0.29, 0.717) is 13.1 Å². The fourth-order valence-corrected chi connectivity index (χ4v) is 5.50. The number of piperazine rings is 1. The van der Waals surface area contributed by atoms with Crippen molar-refractivity contribution in [1.82, 2.24) is 9.80 Å². The van der Waals surface area contributed by atoms with E-state index in [1.54, 1.807) is 4.90 Å². The van der Waals surface area contributed by atoms with Gasteiger partial charge < -0.3 is 14.5 Å². The zero-order valence-electron chi connectivity index (χ0n) is 35.2. The summed E-state index contributed by atoms with van der Waals surface area (Å²) in [6.07, 6.45) is 22.1. The van der Waals surface area contributed by atoms with Gasteiger partial charge in [-0.15, -0.1) is 0 Å². The Morgan fingerprint density at radius 1 is 0.840 bits per heavy atom. The molecule has 0 aromatic rings. The van der Waals surface area contributed by atoms with Crippen LogP contribution < -0.4 is 0 Å². The number of thioether (sulfide) groups is 1. The summed E-state index contributed by atoms with van der Waals surface area (Å²) < 4.78 is 5.49. The van der Waals surface area contributed by atoms with Gasteiger partial charge in [-0.1, -0.05) is 103 Å². The minimum Gasteiger partial charge on any atom is -0.444 e. The SMILES string of the molecule is CC/C=C/C=C(Cl)\C=C(/C)CCC.CCC.CCCSCCC.C\C=C(C)/C(C(/C)=N/C=C/CC)=C(/C)N1CCN(C(=O)OC(C)(C)C)CC1. The maximum Gasteiger partial charge on any atom is 0.410 e. The Morgan fingerprint density at radius 3 is 1.80 bits per heavy atom. The van der Waals surface area contributed by atoms with Crippen LogP contribution in [0.3, 0.4) is 0 Å². The number of amides is 1. The van der Waals surface area contributed by atoms with Gasteiger partial charge in [0.25, 0.3) is 0 Å². The number of ether oxygens (including phenoxy) is 1. The van der Waals surface area contributed by atoms with Crippen LogP contribution in [0.25, 0.3) is 0 Å². The number of halogens is 1. The molecule has 0 spiro atoms. The molecule has 0 unspecified atom stereocenters. The lowest BCUT2D eigenvalue weighted by atomic mass is 10.00. The molecule has 1 aliphatic rings. The smallest absolute Gasteiger partial charge is 0.410 e. The van der Waals surface area contributed by atoms with Crippen LogP contribution in [-0.4, -0.2) is 64.9 Å². The topological polar surface area (TPSA) is 45.1 Å². The van der Waals surface area contributed by atoms with E-state index in [0.717, 1.165) is 43.1 Å². The number of carbonyl (C=O) groups excluding carboxylic acids is 1. The normalized spacial score (nSPS) is 15.1. The number of hydrogen-bond acceptors (Lipinski definition) is 5. The van der Waals surface area contributed by atoms with E-state index in [4.69, 9.17) is 16.3 Å². The highest BCUT2D eigenvalue weighted by atomic mass is 35.5. The van der Waals surface area contributed by atoms with Crippen molar-refractivity contribution in [3.63, 3.8) is 0 Å². The van der Waals surface area contributed by atoms with E-state index in [1.165, 1.54) is 59.6 Å². The molecule has 5 nitrogen and oxygen atoms in total. The van der Waals surface area contributed by atoms with E-state index >= 15 is 0 Å². The molecule has 7 heteroatoms. The van der Waals surface area contributed by atoms with Gasteiger partial charge in [0.15, 0.2) is 0 Å². The molecule has 1 aliphatic heterocycles. The van der Waals surface area contributed by atoms with Crippen molar-refractivity contribution in [2.75, 3.05) is 37.7 Å². The highest BCUT2D eigenvalue weighted by Crippen LogP contribution is 2.22. The van der Waals surface area contributed by atoms with Gasteiger partial charge in [0, 0.05) is 54.4 Å². The van der Waals surface area contributed by atoms with Crippen LogP contribution in [0.1, 0.15) is 149 Å². The number of nitrogens with zero attached hydrogens (tertiary/aromatic N) is 3. The molecule has 0 aromatic heterocycles. The largest absolute Gasteiger partial charge is 0.444 e. The Hall–Kier alpha value is -2.18. The van der Waals surface area contributed by atoms with Gasteiger partial charge in [0.1, 0.15) is 5.60 Å². The lowest BCUT2D eigenvalue weighted by Crippen LogP contribution is -2.49. The lowest BCUT2D eigenvalue weighted by Gasteiger charge is -2.38. The maximum absolute atomic E-state index is 12.3. The van der Waals surface area contributed by atoms with Crippen LogP contribution in [0.15, 0.2) is 75.1 Å². The summed E-state index contributed by atoms with van der Waals surface area (Å²) in [6.45, 7) is 34.2. The minimum absolute atomic E-state index is 0.226. The summed E-state index contributed by atoms with van der Waals surface area (Å²) >= 11 is 8.03. The summed E-state index contributed by atoms with van der Waals surface area (Å²) in [7, 11) is 0. The van der Waals surface area contributed by atoms with Crippen LogP contribution in [0, 0.1) is 0 Å². The third kappa shape index (κ3) is 29.5. The van der Waals surface area contributed by atoms with Crippen molar-refractivity contribution < 1.29 is 9.53 Å². The van der Waals surface area contributed by atoms with Gasteiger partial charge in [-0.25, -0.2) is 4.79 Å². The molecule has 0 saturated carbocycles. The second kappa shape index (κ2) is 33.9. The molecule has 50 heavy (non-hydrogen) atoms. The molecule has 290 valence electrons. The summed E-state index contributed by atoms with van der Waals surface area (Å²) in [6, 6.07) is 0. The maximum atomic E-state index is 12.3. The van der Waals surface area contributed by atoms with E-state index in [1.807, 2.05) is 45.2 Å². The van der Waals surface area contributed by atoms with Gasteiger partial charge in [-0.05, 0) is 117 Å². The first kappa shape index (κ1) is 52.2. The molecule has 0 aliphatic carbocycles. The predicted octanol–water partition coefficient (Wildman–Crippen LogP) is 13.9. The van der Waals surface area contributed by atoms with Gasteiger partial charge in [0.2, 0.25) is 0 Å². The Labute approximate surface area is 320 Å². The molecule has 0 aromatic carbocycles. The Balaban J connectivity index is -0.000000790. The number of hydrogen-bond donors (Lipinski definition) is 0. The molecule has 1 saturated heterocycles. The first-order valence-electron chi connectivity index (χ1n) is 19.2. The lowest BCUT2D eigenvalue weighted by molar-refractivity contribution is 0.0168. The van der Waals surface area contributed by atoms with Gasteiger partial charge in [0.05, 0.1) is 0 Å². The first-order valence-corrected chi connectivity index (χ1v) is 20.7. The van der Waals surface area contributed by atoms with Crippen LogP contribution in [0.4, 0.5) is 4.79 Å². The quantitative estimate of drug-likeness (QED) is 0.101. The van der Waals surface area contributed by atoms with E-state index in [9.17, 15) is 4.79 Å². The summed E-state index contributed by atoms with van der Waals surface area (Å²) in [5.74, 6) is 2.68. The summed E-state index contributed by atoms with van der Waals surface area (Å²) in [5.41, 5.74) is 5.51. The van der Waals surface area contributed by atoms with Gasteiger partial charge >= 0.3 is 6.09 Å². The van der Waals surface area contributed by atoms with Gasteiger partial charge in [-0.3, -0.25) is 4.99 Å². The van der Waals surface area contributed by atoms with E-state index in [-0.39, 0.29) is 6.09 Å². The zero-order valence-corrected chi connectivity index (χ0v) is 36.8. The average molecular weight is 737 g/mol. The van der Waals surface area contributed by atoms with Crippen LogP contribution in [0.2, 0.25) is 0 Å². The third-order valence-corrected chi connectivity index (χ3v) is 8.55.